The molecule has 0 bridgehead atoms. The van der Waals surface area contributed by atoms with Crippen LogP contribution in [0.15, 0.2) is 72.8 Å². The fourth-order valence-electron chi connectivity index (χ4n) is 6.29. The molecule has 4 aromatic rings. The van der Waals surface area contributed by atoms with Gasteiger partial charge in [-0.1, -0.05) is 65.2 Å². The predicted octanol–water partition coefficient (Wildman–Crippen LogP) is 11.1. The molecule has 0 amide bonds. The number of nitrogens with zero attached hydrogens (tertiary/aromatic N) is 2. The predicted molar refractivity (Wildman–Crippen MR) is 211 cm³/mol. The highest BCUT2D eigenvalue weighted by molar-refractivity contribution is 7.97. The quantitative estimate of drug-likeness (QED) is 0.0277. The molecule has 0 aromatic heterocycles. The highest BCUT2D eigenvalue weighted by Crippen LogP contribution is 2.48. The van der Waals surface area contributed by atoms with Crippen molar-refractivity contribution in [3.05, 3.63) is 115 Å². The number of hydrogen-bond acceptors (Lipinski definition) is 11. The number of hydrogen-bond donors (Lipinski definition) is 0. The summed E-state index contributed by atoms with van der Waals surface area (Å²) in [6.07, 6.45) is 11.1. The molecule has 5 rings (SSSR count). The molecule has 290 valence electrons. The molecule has 55 heavy (non-hydrogen) atoms. The van der Waals surface area contributed by atoms with E-state index in [4.69, 9.17) is 18.9 Å². The van der Waals surface area contributed by atoms with Gasteiger partial charge in [-0.15, -0.1) is 0 Å². The zero-order chi connectivity index (χ0) is 39.2. The maximum absolute atomic E-state index is 13.1. The molecule has 0 atom stereocenters. The topological polar surface area (TPSA) is 157 Å². The molecule has 0 fully saturated rings. The van der Waals surface area contributed by atoms with E-state index in [0.717, 1.165) is 50.7 Å². The number of benzene rings is 4. The lowest BCUT2D eigenvalue weighted by atomic mass is 9.93. The minimum atomic E-state index is -0.723. The summed E-state index contributed by atoms with van der Waals surface area (Å²) >= 11 is 1.36. The van der Waals surface area contributed by atoms with Gasteiger partial charge in [-0.2, -0.15) is 11.8 Å². The first-order chi connectivity index (χ1) is 26.7. The van der Waals surface area contributed by atoms with Crippen LogP contribution in [0, 0.1) is 20.2 Å². The summed E-state index contributed by atoms with van der Waals surface area (Å²) in [5.41, 5.74) is 0.411. The second-order valence-electron chi connectivity index (χ2n) is 13.3. The Kier molecular flexibility index (Phi) is 15.0. The van der Waals surface area contributed by atoms with Crippen LogP contribution >= 0.6 is 11.8 Å². The average Bonchev–Trinajstić information content (AvgIpc) is 3.36. The minimum Gasteiger partial charge on any atom is -0.494 e. The van der Waals surface area contributed by atoms with E-state index in [0.29, 0.717) is 35.8 Å². The Morgan fingerprint density at radius 1 is 0.564 bits per heavy atom. The maximum Gasteiger partial charge on any atom is 0.343 e. The number of fused-ring (bicyclic) bond motifs is 3. The summed E-state index contributed by atoms with van der Waals surface area (Å²) in [5, 5.41) is 25.0. The molecule has 0 spiro atoms. The summed E-state index contributed by atoms with van der Waals surface area (Å²) in [7, 11) is 0. The van der Waals surface area contributed by atoms with E-state index < -0.39 is 33.2 Å². The van der Waals surface area contributed by atoms with Gasteiger partial charge in [-0.05, 0) is 84.6 Å². The van der Waals surface area contributed by atoms with Crippen LogP contribution in [0.1, 0.15) is 110 Å². The number of carbonyl (C=O) groups excluding carboxylic acids is 2. The van der Waals surface area contributed by atoms with Crippen molar-refractivity contribution in [2.24, 2.45) is 0 Å². The molecule has 4 aromatic carbocycles. The smallest absolute Gasteiger partial charge is 0.343 e. The number of nitro benzene ring substituents is 2. The van der Waals surface area contributed by atoms with Crippen LogP contribution in [0.5, 0.6) is 23.0 Å². The largest absolute Gasteiger partial charge is 0.494 e. The Hall–Kier alpha value is -5.43. The Bertz CT molecular complexity index is 1820. The van der Waals surface area contributed by atoms with Crippen LogP contribution in [0.25, 0.3) is 11.1 Å². The van der Waals surface area contributed by atoms with Gasteiger partial charge in [0.2, 0.25) is 0 Å². The highest BCUT2D eigenvalue weighted by atomic mass is 32.2. The molecule has 1 aliphatic heterocycles. The Labute approximate surface area is 324 Å². The van der Waals surface area contributed by atoms with E-state index in [9.17, 15) is 29.8 Å². The van der Waals surface area contributed by atoms with Gasteiger partial charge in [-0.3, -0.25) is 20.2 Å². The average molecular weight is 771 g/mol. The summed E-state index contributed by atoms with van der Waals surface area (Å²) in [5.74, 6) is 0.128. The Morgan fingerprint density at radius 2 is 0.945 bits per heavy atom. The van der Waals surface area contributed by atoms with Crippen molar-refractivity contribution in [2.75, 3.05) is 13.2 Å². The molecular weight excluding hydrogens is 725 g/mol. The van der Waals surface area contributed by atoms with Gasteiger partial charge in [0.15, 0.2) is 0 Å². The summed E-state index contributed by atoms with van der Waals surface area (Å²) in [4.78, 5) is 49.9. The van der Waals surface area contributed by atoms with Crippen LogP contribution in [0.3, 0.4) is 0 Å². The molecule has 0 unspecified atom stereocenters. The Balaban J connectivity index is 1.31. The number of nitro groups is 2. The van der Waals surface area contributed by atoms with Crippen molar-refractivity contribution >= 4 is 35.1 Å². The van der Waals surface area contributed by atoms with Crippen LogP contribution in [-0.4, -0.2) is 35.0 Å². The van der Waals surface area contributed by atoms with Crippen LogP contribution in [-0.2, 0) is 11.5 Å². The van der Waals surface area contributed by atoms with E-state index >= 15 is 0 Å². The van der Waals surface area contributed by atoms with Gasteiger partial charge in [0.25, 0.3) is 11.4 Å². The van der Waals surface area contributed by atoms with Gasteiger partial charge in [-0.25, -0.2) is 9.59 Å². The number of rotatable bonds is 20. The molecule has 0 saturated carbocycles. The minimum absolute atomic E-state index is 0.0477. The molecule has 0 saturated heterocycles. The lowest BCUT2D eigenvalue weighted by Crippen LogP contribution is -2.10. The molecule has 0 aliphatic carbocycles. The zero-order valence-electron chi connectivity index (χ0n) is 31.2. The molecule has 1 aliphatic rings. The Morgan fingerprint density at radius 3 is 1.31 bits per heavy atom. The highest BCUT2D eigenvalue weighted by Gasteiger charge is 2.33. The van der Waals surface area contributed by atoms with Crippen LogP contribution < -0.4 is 18.9 Å². The molecule has 0 radical (unpaired) electrons. The molecule has 0 N–H and O–H groups in total. The van der Waals surface area contributed by atoms with Gasteiger partial charge in [0, 0.05) is 11.5 Å². The van der Waals surface area contributed by atoms with Crippen LogP contribution in [0.2, 0.25) is 0 Å². The van der Waals surface area contributed by atoms with Crippen LogP contribution in [0.4, 0.5) is 11.4 Å². The monoisotopic (exact) mass is 770 g/mol. The number of thioether (sulfide) groups is 1. The van der Waals surface area contributed by atoms with Gasteiger partial charge in [0.05, 0.1) is 57.4 Å². The molecule has 1 heterocycles. The second-order valence-corrected chi connectivity index (χ2v) is 14.3. The fraction of sp³-hybridized carbons (Fsp3) is 0.381. The first kappa shape index (κ1) is 40.7. The third-order valence-electron chi connectivity index (χ3n) is 9.14. The van der Waals surface area contributed by atoms with Gasteiger partial charge in [0.1, 0.15) is 23.0 Å². The fourth-order valence-corrected chi connectivity index (χ4v) is 7.29. The zero-order valence-corrected chi connectivity index (χ0v) is 32.0. The molecular formula is C42H46N2O10S. The third-order valence-corrected chi connectivity index (χ3v) is 10.2. The van der Waals surface area contributed by atoms with E-state index in [-0.39, 0.29) is 45.3 Å². The first-order valence-corrected chi connectivity index (χ1v) is 19.9. The van der Waals surface area contributed by atoms with Crippen molar-refractivity contribution in [3.63, 3.8) is 0 Å². The lowest BCUT2D eigenvalue weighted by molar-refractivity contribution is -0.386. The number of esters is 2. The van der Waals surface area contributed by atoms with E-state index in [2.05, 4.69) is 13.8 Å². The molecule has 13 heteroatoms. The SMILES string of the molecule is CCCCCCCOc1ccc(C(=O)Oc2cc3c(c([N+](=O)[O-])c2)-c2c(cc(OC(=O)c4ccc(OCCCCCCC)cc4)cc2[N+](=O)[O-])CSC3)cc1. The molecule has 12 nitrogen and oxygen atoms in total. The summed E-state index contributed by atoms with van der Waals surface area (Å²) in [6.45, 7) is 5.47. The first-order valence-electron chi connectivity index (χ1n) is 18.8. The second kappa shape index (κ2) is 20.3. The normalized spacial score (nSPS) is 11.8. The summed E-state index contributed by atoms with van der Waals surface area (Å²) < 4.78 is 22.7. The third kappa shape index (κ3) is 11.3. The van der Waals surface area contributed by atoms with Gasteiger partial charge < -0.3 is 18.9 Å². The van der Waals surface area contributed by atoms with Crippen molar-refractivity contribution in [1.82, 2.24) is 0 Å². The standard InChI is InChI=1S/C42H46N2O10S/c1-3-5-7-9-11-21-51-33-17-13-29(14-18-33)41(45)53-35-23-31-27-55-28-32-24-36(26-38(44(49)50)40(32)39(31)37(25-35)43(47)48)54-42(46)30-15-19-34(20-16-30)52-22-12-10-8-6-4-2/h13-20,23-26H,3-12,21-22,27-28H2,1-2H3. The van der Waals surface area contributed by atoms with E-state index in [1.54, 1.807) is 48.5 Å². The van der Waals surface area contributed by atoms with Crippen molar-refractivity contribution in [1.29, 1.82) is 0 Å². The van der Waals surface area contributed by atoms with Crippen molar-refractivity contribution in [3.8, 4) is 34.1 Å². The van der Waals surface area contributed by atoms with Crippen molar-refractivity contribution in [2.45, 2.75) is 89.6 Å². The number of ether oxygens (including phenoxy) is 4. The maximum atomic E-state index is 13.1. The summed E-state index contributed by atoms with van der Waals surface area (Å²) in [6, 6.07) is 18.1. The van der Waals surface area contributed by atoms with Gasteiger partial charge >= 0.3 is 11.9 Å². The number of carbonyl (C=O) groups is 2. The lowest BCUT2D eigenvalue weighted by Gasteiger charge is -2.14. The van der Waals surface area contributed by atoms with E-state index in [1.165, 1.54) is 49.6 Å². The number of unbranched alkanes of at least 4 members (excludes halogenated alkanes) is 8. The van der Waals surface area contributed by atoms with E-state index in [1.807, 2.05) is 0 Å². The van der Waals surface area contributed by atoms with Crippen molar-refractivity contribution < 1.29 is 38.4 Å².